The number of pyridine rings is 1. The van der Waals surface area contributed by atoms with Crippen molar-refractivity contribution in [1.29, 1.82) is 0 Å². The molecule has 0 spiro atoms. The first-order chi connectivity index (χ1) is 7.37. The second kappa shape index (κ2) is 4.35. The zero-order valence-electron chi connectivity index (χ0n) is 7.91. The number of carbonyl (C=O) groups excluding carboxylic acids is 1. The van der Waals surface area contributed by atoms with E-state index in [1.807, 2.05) is 0 Å². The summed E-state index contributed by atoms with van der Waals surface area (Å²) in [6.07, 6.45) is -4.49. The van der Waals surface area contributed by atoms with Gasteiger partial charge < -0.3 is 16.2 Å². The average Bonchev–Trinajstić information content (AvgIpc) is 2.18. The third kappa shape index (κ3) is 2.83. The van der Waals surface area contributed by atoms with Gasteiger partial charge in [0.15, 0.2) is 6.29 Å². The highest BCUT2D eigenvalue weighted by molar-refractivity contribution is 5.79. The van der Waals surface area contributed by atoms with Gasteiger partial charge >= 0.3 is 6.36 Å². The SMILES string of the molecule is NCc1nc(OC(F)(F)F)c(N)cc1C=O. The van der Waals surface area contributed by atoms with E-state index < -0.39 is 12.2 Å². The lowest BCUT2D eigenvalue weighted by Gasteiger charge is -2.11. The predicted molar refractivity (Wildman–Crippen MR) is 48.6 cm³/mol. The Bertz CT molecular complexity index is 406. The fourth-order valence-electron chi connectivity index (χ4n) is 1.02. The van der Waals surface area contributed by atoms with Gasteiger partial charge in [-0.2, -0.15) is 0 Å². The Kier molecular flexibility index (Phi) is 3.33. The molecule has 0 atom stereocenters. The Balaban J connectivity index is 3.16. The first kappa shape index (κ1) is 12.2. The summed E-state index contributed by atoms with van der Waals surface area (Å²) in [6, 6.07) is 1.03. The van der Waals surface area contributed by atoms with Crippen LogP contribution >= 0.6 is 0 Å². The van der Waals surface area contributed by atoms with Crippen LogP contribution in [0.5, 0.6) is 5.88 Å². The van der Waals surface area contributed by atoms with Crippen molar-refractivity contribution < 1.29 is 22.7 Å². The van der Waals surface area contributed by atoms with Crippen molar-refractivity contribution in [2.75, 3.05) is 5.73 Å². The van der Waals surface area contributed by atoms with Crippen molar-refractivity contribution in [3.8, 4) is 5.88 Å². The van der Waals surface area contributed by atoms with Gasteiger partial charge in [-0.15, -0.1) is 13.2 Å². The lowest BCUT2D eigenvalue weighted by molar-refractivity contribution is -0.275. The summed E-state index contributed by atoms with van der Waals surface area (Å²) in [6.45, 7) is -0.192. The van der Waals surface area contributed by atoms with Gasteiger partial charge in [0.05, 0.1) is 11.4 Å². The molecule has 0 radical (unpaired) electrons. The van der Waals surface area contributed by atoms with Crippen LogP contribution in [0, 0.1) is 0 Å². The molecule has 1 aromatic heterocycles. The first-order valence-electron chi connectivity index (χ1n) is 4.07. The van der Waals surface area contributed by atoms with Crippen LogP contribution in [-0.4, -0.2) is 17.6 Å². The zero-order valence-corrected chi connectivity index (χ0v) is 7.91. The quantitative estimate of drug-likeness (QED) is 0.757. The van der Waals surface area contributed by atoms with E-state index in [0.717, 1.165) is 6.07 Å². The van der Waals surface area contributed by atoms with E-state index in [1.165, 1.54) is 0 Å². The van der Waals surface area contributed by atoms with Gasteiger partial charge in [-0.3, -0.25) is 4.79 Å². The van der Waals surface area contributed by atoms with Gasteiger partial charge in [-0.05, 0) is 6.07 Å². The molecule has 0 saturated heterocycles. The number of nitrogens with zero attached hydrogens (tertiary/aromatic N) is 1. The fourth-order valence-corrected chi connectivity index (χ4v) is 1.02. The molecular weight excluding hydrogens is 227 g/mol. The maximum Gasteiger partial charge on any atom is 0.574 e. The molecule has 1 heterocycles. The molecule has 0 aliphatic heterocycles. The second-order valence-electron chi connectivity index (χ2n) is 2.79. The van der Waals surface area contributed by atoms with Crippen LogP contribution < -0.4 is 16.2 Å². The number of aldehydes is 1. The molecule has 0 saturated carbocycles. The normalized spacial score (nSPS) is 11.2. The van der Waals surface area contributed by atoms with Gasteiger partial charge in [-0.1, -0.05) is 0 Å². The van der Waals surface area contributed by atoms with Crippen LogP contribution in [0.15, 0.2) is 6.07 Å². The van der Waals surface area contributed by atoms with Crippen molar-refractivity contribution in [3.63, 3.8) is 0 Å². The van der Waals surface area contributed by atoms with Crippen molar-refractivity contribution in [2.24, 2.45) is 5.73 Å². The number of anilines is 1. The van der Waals surface area contributed by atoms with Gasteiger partial charge in [-0.25, -0.2) is 4.98 Å². The maximum absolute atomic E-state index is 11.9. The molecule has 0 aromatic carbocycles. The summed E-state index contributed by atoms with van der Waals surface area (Å²) >= 11 is 0. The monoisotopic (exact) mass is 235 g/mol. The van der Waals surface area contributed by atoms with Gasteiger partial charge in [0.25, 0.3) is 0 Å². The third-order valence-corrected chi connectivity index (χ3v) is 1.66. The number of rotatable bonds is 3. The Morgan fingerprint density at radius 1 is 1.50 bits per heavy atom. The Morgan fingerprint density at radius 3 is 2.56 bits per heavy atom. The highest BCUT2D eigenvalue weighted by Gasteiger charge is 2.33. The van der Waals surface area contributed by atoms with Crippen molar-refractivity contribution in [2.45, 2.75) is 12.9 Å². The molecule has 0 aliphatic carbocycles. The summed E-state index contributed by atoms with van der Waals surface area (Å²) < 4.78 is 39.3. The Labute approximate surface area is 88.2 Å². The number of nitrogens with two attached hydrogens (primary N) is 2. The molecule has 1 rings (SSSR count). The lowest BCUT2D eigenvalue weighted by Crippen LogP contribution is -2.20. The summed E-state index contributed by atoms with van der Waals surface area (Å²) in [7, 11) is 0. The van der Waals surface area contributed by atoms with E-state index in [0.29, 0.717) is 6.29 Å². The zero-order chi connectivity index (χ0) is 12.3. The number of halogens is 3. The van der Waals surface area contributed by atoms with Crippen LogP contribution in [0.1, 0.15) is 16.1 Å². The van der Waals surface area contributed by atoms with Gasteiger partial charge in [0, 0.05) is 12.1 Å². The number of hydrogen-bond acceptors (Lipinski definition) is 5. The molecule has 0 amide bonds. The standard InChI is InChI=1S/C8H8F3N3O2/c9-8(10,11)16-7-5(13)1-4(3-15)6(2-12)14-7/h1,3H,2,12-13H2. The molecule has 5 nitrogen and oxygen atoms in total. The Hall–Kier alpha value is -1.83. The van der Waals surface area contributed by atoms with Crippen molar-refractivity contribution in [3.05, 3.63) is 17.3 Å². The molecule has 0 aliphatic rings. The summed E-state index contributed by atoms with van der Waals surface area (Å²) in [5.41, 5.74) is 10.1. The highest BCUT2D eigenvalue weighted by Crippen LogP contribution is 2.27. The van der Waals surface area contributed by atoms with E-state index >= 15 is 0 Å². The summed E-state index contributed by atoms with van der Waals surface area (Å²) in [5, 5.41) is 0. The molecule has 88 valence electrons. The van der Waals surface area contributed by atoms with E-state index in [4.69, 9.17) is 11.5 Å². The second-order valence-corrected chi connectivity index (χ2v) is 2.79. The number of ether oxygens (including phenoxy) is 1. The van der Waals surface area contributed by atoms with Gasteiger partial charge in [0.2, 0.25) is 5.88 Å². The molecule has 8 heteroatoms. The van der Waals surface area contributed by atoms with Crippen LogP contribution in [0.3, 0.4) is 0 Å². The van der Waals surface area contributed by atoms with Crippen LogP contribution in [0.2, 0.25) is 0 Å². The molecule has 1 aromatic rings. The summed E-state index contributed by atoms with van der Waals surface area (Å²) in [5.74, 6) is -0.807. The number of carbonyl (C=O) groups is 1. The number of aromatic nitrogens is 1. The smallest absolute Gasteiger partial charge is 0.394 e. The molecular formula is C8H8F3N3O2. The molecule has 4 N–H and O–H groups in total. The van der Waals surface area contributed by atoms with Crippen molar-refractivity contribution in [1.82, 2.24) is 4.98 Å². The first-order valence-corrected chi connectivity index (χ1v) is 4.07. The van der Waals surface area contributed by atoms with Crippen LogP contribution in [0.25, 0.3) is 0 Å². The molecule has 16 heavy (non-hydrogen) atoms. The molecule has 0 bridgehead atoms. The van der Waals surface area contributed by atoms with E-state index in [-0.39, 0.29) is 23.5 Å². The van der Waals surface area contributed by atoms with E-state index in [9.17, 15) is 18.0 Å². The summed E-state index contributed by atoms with van der Waals surface area (Å²) in [4.78, 5) is 13.9. The van der Waals surface area contributed by atoms with Gasteiger partial charge in [0.1, 0.15) is 0 Å². The molecule has 0 unspecified atom stereocenters. The number of nitrogen functional groups attached to an aromatic ring is 1. The Morgan fingerprint density at radius 2 is 2.12 bits per heavy atom. The lowest BCUT2D eigenvalue weighted by atomic mass is 10.2. The fraction of sp³-hybridized carbons (Fsp3) is 0.250. The van der Waals surface area contributed by atoms with Crippen molar-refractivity contribution >= 4 is 12.0 Å². The highest BCUT2D eigenvalue weighted by atomic mass is 19.4. The largest absolute Gasteiger partial charge is 0.574 e. The number of hydrogen-bond donors (Lipinski definition) is 2. The average molecular weight is 235 g/mol. The topological polar surface area (TPSA) is 91.2 Å². The van der Waals surface area contributed by atoms with E-state index in [2.05, 4.69) is 9.72 Å². The minimum atomic E-state index is -4.89. The minimum Gasteiger partial charge on any atom is -0.394 e. The van der Waals surface area contributed by atoms with Crippen LogP contribution in [0.4, 0.5) is 18.9 Å². The maximum atomic E-state index is 11.9. The van der Waals surface area contributed by atoms with E-state index in [1.54, 1.807) is 0 Å². The minimum absolute atomic E-state index is 0.0107. The van der Waals surface area contributed by atoms with Crippen LogP contribution in [-0.2, 0) is 6.54 Å². The number of alkyl halides is 3. The molecule has 0 fully saturated rings. The predicted octanol–water partition coefficient (Wildman–Crippen LogP) is 0.834. The third-order valence-electron chi connectivity index (χ3n) is 1.66.